The van der Waals surface area contributed by atoms with Gasteiger partial charge in [-0.1, -0.05) is 6.07 Å². The molecule has 2 aliphatic heterocycles. The van der Waals surface area contributed by atoms with Gasteiger partial charge >= 0.3 is 0 Å². The van der Waals surface area contributed by atoms with Crippen molar-refractivity contribution in [1.29, 1.82) is 0 Å². The van der Waals surface area contributed by atoms with Crippen LogP contribution in [0.1, 0.15) is 30.7 Å². The van der Waals surface area contributed by atoms with Crippen LogP contribution in [0.25, 0.3) is 0 Å². The molecule has 1 atom stereocenters. The molecule has 2 aromatic heterocycles. The maximum atomic E-state index is 12.8. The minimum absolute atomic E-state index is 0.0780. The largest absolute Gasteiger partial charge is 0.357 e. The van der Waals surface area contributed by atoms with Gasteiger partial charge < -0.3 is 15.1 Å². The van der Waals surface area contributed by atoms with Crippen LogP contribution >= 0.6 is 11.3 Å². The van der Waals surface area contributed by atoms with Crippen molar-refractivity contribution in [2.45, 2.75) is 25.8 Å². The molecule has 2 saturated heterocycles. The maximum Gasteiger partial charge on any atom is 0.246 e. The molecule has 162 valence electrons. The smallest absolute Gasteiger partial charge is 0.246 e. The number of nitrogens with one attached hydrogen (secondary N) is 1. The van der Waals surface area contributed by atoms with Gasteiger partial charge in [0.25, 0.3) is 0 Å². The van der Waals surface area contributed by atoms with Crippen molar-refractivity contribution in [3.8, 4) is 0 Å². The highest BCUT2D eigenvalue weighted by Gasteiger charge is 2.29. The molecule has 1 N–H and O–H groups in total. The predicted octanol–water partition coefficient (Wildman–Crippen LogP) is 1.93. The highest BCUT2D eigenvalue weighted by Crippen LogP contribution is 2.28. The van der Waals surface area contributed by atoms with Crippen LogP contribution in [0.2, 0.25) is 0 Å². The lowest BCUT2D eigenvalue weighted by molar-refractivity contribution is -0.120. The molecule has 2 aliphatic rings. The number of hydrogen-bond donors (Lipinski definition) is 1. The molecule has 0 spiro atoms. The number of carbonyl (C=O) groups is 1. The summed E-state index contributed by atoms with van der Waals surface area (Å²) in [5.41, 5.74) is 0.857. The van der Waals surface area contributed by atoms with Gasteiger partial charge in [-0.3, -0.25) is 19.4 Å². The molecule has 4 heterocycles. The quantitative estimate of drug-likeness (QED) is 0.561. The predicted molar refractivity (Wildman–Crippen MR) is 121 cm³/mol. The average Bonchev–Trinajstić information content (AvgIpc) is 3.51. The Balaban J connectivity index is 1.46. The summed E-state index contributed by atoms with van der Waals surface area (Å²) in [5.74, 6) is 0.909. The van der Waals surface area contributed by atoms with E-state index < -0.39 is 0 Å². The summed E-state index contributed by atoms with van der Waals surface area (Å²) in [6, 6.07) is 4.65. The van der Waals surface area contributed by atoms with E-state index in [0.717, 1.165) is 37.8 Å². The van der Waals surface area contributed by atoms with Crippen LogP contribution in [0, 0.1) is 0 Å². The Morgan fingerprint density at radius 1 is 1.30 bits per heavy atom. The van der Waals surface area contributed by atoms with E-state index in [9.17, 15) is 4.79 Å². The summed E-state index contributed by atoms with van der Waals surface area (Å²) >= 11 is 1.81. The Hall–Kier alpha value is -2.39. The van der Waals surface area contributed by atoms with E-state index in [1.165, 1.54) is 17.7 Å². The number of aliphatic imine (C=N–C) groups is 1. The van der Waals surface area contributed by atoms with E-state index >= 15 is 0 Å². The van der Waals surface area contributed by atoms with Crippen LogP contribution < -0.4 is 10.2 Å². The van der Waals surface area contributed by atoms with Crippen LogP contribution in [0.5, 0.6) is 0 Å². The molecule has 4 rings (SSSR count). The molecule has 0 radical (unpaired) electrons. The number of likely N-dealkylation sites (tertiary alicyclic amines) is 1. The standard InChI is InChI=1S/C21H31N7OS/c1-3-22-21(23-14-18(19-7-6-12-30-19)26-8-4-5-9-26)27-10-11-28(20(29)16-27)17-13-24-25(2)15-17/h6-7,12-13,15,18H,3-5,8-11,14,16H2,1-2H3,(H,22,23). The summed E-state index contributed by atoms with van der Waals surface area (Å²) in [6.07, 6.45) is 6.15. The fraction of sp³-hybridized carbons (Fsp3) is 0.571. The molecule has 2 aromatic rings. The van der Waals surface area contributed by atoms with Gasteiger partial charge in [-0.25, -0.2) is 0 Å². The Bertz CT molecular complexity index is 857. The molecule has 0 aliphatic carbocycles. The topological polar surface area (TPSA) is 69.0 Å². The van der Waals surface area contributed by atoms with Crippen LogP contribution in [-0.2, 0) is 11.8 Å². The minimum atomic E-state index is 0.0780. The van der Waals surface area contributed by atoms with Crippen LogP contribution in [0.15, 0.2) is 34.9 Å². The lowest BCUT2D eigenvalue weighted by Crippen LogP contribution is -2.55. The highest BCUT2D eigenvalue weighted by atomic mass is 32.1. The summed E-state index contributed by atoms with van der Waals surface area (Å²) < 4.78 is 1.73. The maximum absolute atomic E-state index is 12.8. The summed E-state index contributed by atoms with van der Waals surface area (Å²) in [7, 11) is 1.87. The second-order valence-corrected chi connectivity index (χ2v) is 8.79. The first-order valence-electron chi connectivity index (χ1n) is 10.8. The fourth-order valence-corrected chi connectivity index (χ4v) is 5.05. The summed E-state index contributed by atoms with van der Waals surface area (Å²) in [6.45, 7) is 7.54. The molecule has 30 heavy (non-hydrogen) atoms. The molecule has 1 unspecified atom stereocenters. The number of nitrogens with zero attached hydrogens (tertiary/aromatic N) is 6. The first kappa shape index (κ1) is 20.9. The number of aryl methyl sites for hydroxylation is 1. The zero-order chi connectivity index (χ0) is 20.9. The van der Waals surface area contributed by atoms with Crippen molar-refractivity contribution in [2.75, 3.05) is 50.7 Å². The summed E-state index contributed by atoms with van der Waals surface area (Å²) in [4.78, 5) is 25.6. The molecule has 0 saturated carbocycles. The number of aromatic nitrogens is 2. The van der Waals surface area contributed by atoms with Gasteiger partial charge in [0.2, 0.25) is 5.91 Å². The molecular weight excluding hydrogens is 398 g/mol. The first-order valence-corrected chi connectivity index (χ1v) is 11.6. The number of anilines is 1. The molecular formula is C21H31N7OS. The van der Waals surface area contributed by atoms with E-state index in [0.29, 0.717) is 25.7 Å². The van der Waals surface area contributed by atoms with E-state index in [1.807, 2.05) is 18.1 Å². The van der Waals surface area contributed by atoms with E-state index in [4.69, 9.17) is 4.99 Å². The molecule has 8 nitrogen and oxygen atoms in total. The molecule has 0 bridgehead atoms. The monoisotopic (exact) mass is 429 g/mol. The van der Waals surface area contributed by atoms with Gasteiger partial charge in [-0.05, 0) is 44.3 Å². The second-order valence-electron chi connectivity index (χ2n) is 7.81. The van der Waals surface area contributed by atoms with Gasteiger partial charge in [0, 0.05) is 37.8 Å². The average molecular weight is 430 g/mol. The fourth-order valence-electron chi connectivity index (χ4n) is 4.19. The van der Waals surface area contributed by atoms with E-state index in [2.05, 4.69) is 44.7 Å². The number of amides is 1. The Labute approximate surface area is 182 Å². The van der Waals surface area contributed by atoms with Gasteiger partial charge in [0.1, 0.15) is 6.54 Å². The third kappa shape index (κ3) is 4.67. The SMILES string of the molecule is CCNC(=NCC(c1cccs1)N1CCCC1)N1CCN(c2cnn(C)c2)C(=O)C1. The summed E-state index contributed by atoms with van der Waals surface area (Å²) in [5, 5.41) is 9.73. The number of thiophene rings is 1. The molecule has 2 fully saturated rings. The van der Waals surface area contributed by atoms with Crippen molar-refractivity contribution in [3.63, 3.8) is 0 Å². The third-order valence-corrected chi connectivity index (χ3v) is 6.70. The van der Waals surface area contributed by atoms with Crippen molar-refractivity contribution in [1.82, 2.24) is 24.9 Å². The van der Waals surface area contributed by atoms with Crippen molar-refractivity contribution >= 4 is 28.9 Å². The van der Waals surface area contributed by atoms with E-state index in [-0.39, 0.29) is 5.91 Å². The van der Waals surface area contributed by atoms with Crippen LogP contribution in [0.3, 0.4) is 0 Å². The molecule has 0 aromatic carbocycles. The Kier molecular flexibility index (Phi) is 6.69. The lowest BCUT2D eigenvalue weighted by atomic mass is 10.2. The zero-order valence-electron chi connectivity index (χ0n) is 17.8. The second kappa shape index (κ2) is 9.61. The van der Waals surface area contributed by atoms with E-state index in [1.54, 1.807) is 22.2 Å². The van der Waals surface area contributed by atoms with Gasteiger partial charge in [0.05, 0.1) is 24.5 Å². The molecule has 1 amide bonds. The Morgan fingerprint density at radius 3 is 2.77 bits per heavy atom. The van der Waals surface area contributed by atoms with Crippen molar-refractivity contribution < 1.29 is 4.79 Å². The number of rotatable bonds is 6. The zero-order valence-corrected chi connectivity index (χ0v) is 18.6. The van der Waals surface area contributed by atoms with Gasteiger partial charge in [-0.2, -0.15) is 5.10 Å². The Morgan fingerprint density at radius 2 is 2.13 bits per heavy atom. The first-order chi connectivity index (χ1) is 14.7. The van der Waals surface area contributed by atoms with Crippen molar-refractivity contribution in [3.05, 3.63) is 34.8 Å². The number of hydrogen-bond acceptors (Lipinski definition) is 5. The normalized spacial score (nSPS) is 19.5. The van der Waals surface area contributed by atoms with Gasteiger partial charge in [-0.15, -0.1) is 11.3 Å². The lowest BCUT2D eigenvalue weighted by Gasteiger charge is -2.35. The number of piperazine rings is 1. The van der Waals surface area contributed by atoms with Crippen molar-refractivity contribution in [2.24, 2.45) is 12.0 Å². The number of guanidine groups is 1. The number of carbonyl (C=O) groups excluding carboxylic acids is 1. The minimum Gasteiger partial charge on any atom is -0.357 e. The molecule has 9 heteroatoms. The van der Waals surface area contributed by atoms with Gasteiger partial charge in [0.15, 0.2) is 5.96 Å². The highest BCUT2D eigenvalue weighted by molar-refractivity contribution is 7.10. The van der Waals surface area contributed by atoms with Crippen LogP contribution in [0.4, 0.5) is 5.69 Å². The third-order valence-electron chi connectivity index (χ3n) is 5.73. The van der Waals surface area contributed by atoms with Crippen LogP contribution in [-0.4, -0.2) is 77.3 Å².